The zero-order chi connectivity index (χ0) is 21.6. The van der Waals surface area contributed by atoms with Crippen LogP contribution in [0.1, 0.15) is 11.4 Å². The molecule has 1 saturated heterocycles. The Labute approximate surface area is 179 Å². The number of para-hydroxylation sites is 1. The van der Waals surface area contributed by atoms with E-state index in [0.717, 1.165) is 6.07 Å². The van der Waals surface area contributed by atoms with Gasteiger partial charge in [-0.2, -0.15) is 13.2 Å². The van der Waals surface area contributed by atoms with Gasteiger partial charge in [0.25, 0.3) is 5.56 Å². The minimum Gasteiger partial charge on any atom is -0.368 e. The summed E-state index contributed by atoms with van der Waals surface area (Å²) in [5, 5.41) is 2.53. The van der Waals surface area contributed by atoms with Gasteiger partial charge in [-0.3, -0.25) is 14.1 Å². The Hall–Kier alpha value is -2.98. The molecular weight excluding hydrogens is 427 g/mol. The van der Waals surface area contributed by atoms with Crippen molar-refractivity contribution in [3.8, 4) is 0 Å². The quantitative estimate of drug-likeness (QED) is 0.482. The Morgan fingerprint density at radius 3 is 2.58 bits per heavy atom. The van der Waals surface area contributed by atoms with E-state index in [9.17, 15) is 18.0 Å². The van der Waals surface area contributed by atoms with E-state index in [1.54, 1.807) is 24.4 Å². The van der Waals surface area contributed by atoms with Gasteiger partial charge in [0.1, 0.15) is 5.69 Å². The van der Waals surface area contributed by atoms with Crippen molar-refractivity contribution in [1.82, 2.24) is 19.3 Å². The summed E-state index contributed by atoms with van der Waals surface area (Å²) in [6, 6.07) is 9.59. The predicted molar refractivity (Wildman–Crippen MR) is 114 cm³/mol. The molecule has 0 radical (unpaired) electrons. The summed E-state index contributed by atoms with van der Waals surface area (Å²) < 4.78 is 41.6. The molecular formula is C21H18F3N5OS. The summed E-state index contributed by atoms with van der Waals surface area (Å²) in [5.74, 6) is 0. The van der Waals surface area contributed by atoms with Crippen molar-refractivity contribution in [2.45, 2.75) is 12.7 Å². The Morgan fingerprint density at radius 2 is 1.81 bits per heavy atom. The van der Waals surface area contributed by atoms with Gasteiger partial charge in [-0.25, -0.2) is 9.97 Å². The minimum absolute atomic E-state index is 0.108. The van der Waals surface area contributed by atoms with Crippen molar-refractivity contribution >= 4 is 32.9 Å². The number of alkyl halides is 3. The highest BCUT2D eigenvalue weighted by atomic mass is 32.1. The molecule has 0 aliphatic carbocycles. The van der Waals surface area contributed by atoms with E-state index in [1.807, 2.05) is 16.3 Å². The van der Waals surface area contributed by atoms with Gasteiger partial charge in [0, 0.05) is 61.4 Å². The van der Waals surface area contributed by atoms with Crippen LogP contribution in [0.3, 0.4) is 0 Å². The number of nitrogens with zero attached hydrogens (tertiary/aromatic N) is 5. The Balaban J connectivity index is 1.36. The number of halogens is 3. The van der Waals surface area contributed by atoms with Crippen LogP contribution in [0.15, 0.2) is 52.8 Å². The van der Waals surface area contributed by atoms with Crippen molar-refractivity contribution in [1.29, 1.82) is 0 Å². The molecule has 1 aliphatic heterocycles. The molecule has 1 aromatic carbocycles. The van der Waals surface area contributed by atoms with Crippen LogP contribution in [0, 0.1) is 0 Å². The first-order chi connectivity index (χ1) is 14.9. The van der Waals surface area contributed by atoms with E-state index >= 15 is 0 Å². The van der Waals surface area contributed by atoms with Crippen LogP contribution in [0.4, 0.5) is 18.9 Å². The first kappa shape index (κ1) is 20.0. The number of benzene rings is 1. The fraction of sp³-hybridized carbons (Fsp3) is 0.286. The Kier molecular flexibility index (Phi) is 4.90. The van der Waals surface area contributed by atoms with E-state index in [2.05, 4.69) is 14.9 Å². The molecule has 160 valence electrons. The molecule has 4 aromatic rings. The molecule has 1 aliphatic rings. The highest BCUT2D eigenvalue weighted by molar-refractivity contribution is 7.15. The van der Waals surface area contributed by atoms with Gasteiger partial charge in [0.2, 0.25) is 0 Å². The summed E-state index contributed by atoms with van der Waals surface area (Å²) >= 11 is 1.41. The van der Waals surface area contributed by atoms with Crippen molar-refractivity contribution in [2.75, 3.05) is 31.1 Å². The first-order valence-corrected chi connectivity index (χ1v) is 10.7. The van der Waals surface area contributed by atoms with Gasteiger partial charge in [0.15, 0.2) is 4.96 Å². The Morgan fingerprint density at radius 1 is 1.03 bits per heavy atom. The van der Waals surface area contributed by atoms with Crippen LogP contribution in [0.5, 0.6) is 0 Å². The number of thiazole rings is 1. The highest BCUT2D eigenvalue weighted by Gasteiger charge is 2.34. The third-order valence-electron chi connectivity index (χ3n) is 5.44. The number of hydrogen-bond acceptors (Lipinski definition) is 6. The lowest BCUT2D eigenvalue weighted by Gasteiger charge is -2.36. The predicted octanol–water partition coefficient (Wildman–Crippen LogP) is 3.65. The summed E-state index contributed by atoms with van der Waals surface area (Å²) in [6.45, 7) is 2.99. The largest absolute Gasteiger partial charge is 0.433 e. The molecule has 0 unspecified atom stereocenters. The van der Waals surface area contributed by atoms with Gasteiger partial charge in [-0.15, -0.1) is 11.3 Å². The van der Waals surface area contributed by atoms with Crippen molar-refractivity contribution < 1.29 is 13.2 Å². The molecule has 0 N–H and O–H groups in total. The van der Waals surface area contributed by atoms with Gasteiger partial charge in [-0.1, -0.05) is 18.2 Å². The van der Waals surface area contributed by atoms with E-state index in [-0.39, 0.29) is 5.56 Å². The lowest BCUT2D eigenvalue weighted by atomic mass is 10.1. The van der Waals surface area contributed by atoms with Gasteiger partial charge in [0.05, 0.1) is 11.2 Å². The van der Waals surface area contributed by atoms with E-state index in [0.29, 0.717) is 60.0 Å². The molecule has 5 rings (SSSR count). The molecule has 0 saturated carbocycles. The lowest BCUT2D eigenvalue weighted by molar-refractivity contribution is -0.140. The fourth-order valence-corrected chi connectivity index (χ4v) is 4.65. The maximum absolute atomic E-state index is 13.4. The number of pyridine rings is 1. The van der Waals surface area contributed by atoms with E-state index in [1.165, 1.54) is 21.8 Å². The standard InChI is InChI=1S/C21H18F3N5OS/c22-21(23,24)18-12-17(15-3-1-2-4-16(15)26-18)28-7-5-27(6-8-28)13-14-11-19(30)29-9-10-31-20(29)25-14/h1-4,9-12H,5-8,13H2. The molecule has 4 heterocycles. The van der Waals surface area contributed by atoms with E-state index in [4.69, 9.17) is 0 Å². The lowest BCUT2D eigenvalue weighted by Crippen LogP contribution is -2.46. The Bertz CT molecular complexity index is 1310. The second-order valence-electron chi connectivity index (χ2n) is 7.45. The zero-order valence-corrected chi connectivity index (χ0v) is 17.2. The highest BCUT2D eigenvalue weighted by Crippen LogP contribution is 2.35. The third-order valence-corrected chi connectivity index (χ3v) is 6.20. The van der Waals surface area contributed by atoms with Crippen LogP contribution >= 0.6 is 11.3 Å². The van der Waals surface area contributed by atoms with Crippen LogP contribution < -0.4 is 10.5 Å². The monoisotopic (exact) mass is 445 g/mol. The van der Waals surface area contributed by atoms with Crippen LogP contribution in [-0.2, 0) is 12.7 Å². The molecule has 1 fully saturated rings. The van der Waals surface area contributed by atoms with Gasteiger partial charge < -0.3 is 4.90 Å². The molecule has 0 atom stereocenters. The average Bonchev–Trinajstić information content (AvgIpc) is 3.22. The summed E-state index contributed by atoms with van der Waals surface area (Å²) in [6.07, 6.45) is -2.80. The number of rotatable bonds is 3. The number of anilines is 1. The fourth-order valence-electron chi connectivity index (χ4n) is 3.91. The van der Waals surface area contributed by atoms with Crippen LogP contribution in [-0.4, -0.2) is 45.4 Å². The zero-order valence-electron chi connectivity index (χ0n) is 16.3. The molecule has 10 heteroatoms. The molecule has 0 amide bonds. The molecule has 3 aromatic heterocycles. The first-order valence-electron chi connectivity index (χ1n) is 9.78. The normalized spacial score (nSPS) is 15.8. The number of fused-ring (bicyclic) bond motifs is 2. The number of piperazine rings is 1. The number of hydrogen-bond donors (Lipinski definition) is 0. The average molecular weight is 445 g/mol. The third kappa shape index (κ3) is 3.88. The van der Waals surface area contributed by atoms with Crippen molar-refractivity contribution in [3.05, 3.63) is 69.7 Å². The molecule has 31 heavy (non-hydrogen) atoms. The second-order valence-corrected chi connectivity index (χ2v) is 8.32. The molecule has 0 spiro atoms. The summed E-state index contributed by atoms with van der Waals surface area (Å²) in [5.41, 5.74) is 0.604. The smallest absolute Gasteiger partial charge is 0.368 e. The molecule has 6 nitrogen and oxygen atoms in total. The van der Waals surface area contributed by atoms with Crippen molar-refractivity contribution in [2.24, 2.45) is 0 Å². The SMILES string of the molecule is O=c1cc(CN2CCN(c3cc(C(F)(F)F)nc4ccccc34)CC2)nc2sccn12. The van der Waals surface area contributed by atoms with Crippen molar-refractivity contribution in [3.63, 3.8) is 0 Å². The summed E-state index contributed by atoms with van der Waals surface area (Å²) in [7, 11) is 0. The van der Waals surface area contributed by atoms with E-state index < -0.39 is 11.9 Å². The van der Waals surface area contributed by atoms with Crippen LogP contribution in [0.25, 0.3) is 15.9 Å². The maximum Gasteiger partial charge on any atom is 0.433 e. The topological polar surface area (TPSA) is 53.7 Å². The second kappa shape index (κ2) is 7.61. The number of aromatic nitrogens is 3. The maximum atomic E-state index is 13.4. The van der Waals surface area contributed by atoms with Gasteiger partial charge in [-0.05, 0) is 12.1 Å². The minimum atomic E-state index is -4.50. The van der Waals surface area contributed by atoms with Crippen LogP contribution in [0.2, 0.25) is 0 Å². The molecule has 0 bridgehead atoms. The van der Waals surface area contributed by atoms with Gasteiger partial charge >= 0.3 is 6.18 Å². The summed E-state index contributed by atoms with van der Waals surface area (Å²) in [4.78, 5) is 25.3.